The highest BCUT2D eigenvalue weighted by molar-refractivity contribution is 5.79. The molecule has 2 fully saturated rings. The summed E-state index contributed by atoms with van der Waals surface area (Å²) in [7, 11) is 1.65. The standard InChI is InChI=1S/C20H30N2O3/c1-15-12-21(13-16(2)25-15)14-18-7-5-9-22(18)20(23)11-17-6-4-8-19(10-17)24-3/h4,6,8,10,15-16,18H,5,7,9,11-14H2,1-3H3/t15-,16-,18-/m1/s1. The quantitative estimate of drug-likeness (QED) is 0.821. The van der Waals surface area contributed by atoms with Crippen LogP contribution < -0.4 is 4.74 Å². The summed E-state index contributed by atoms with van der Waals surface area (Å²) in [5, 5.41) is 0. The molecule has 1 aromatic carbocycles. The largest absolute Gasteiger partial charge is 0.497 e. The van der Waals surface area contributed by atoms with Crippen molar-refractivity contribution in [1.82, 2.24) is 9.80 Å². The van der Waals surface area contributed by atoms with Crippen molar-refractivity contribution in [2.45, 2.75) is 51.4 Å². The monoisotopic (exact) mass is 346 g/mol. The molecule has 0 bridgehead atoms. The molecule has 2 saturated heterocycles. The molecule has 0 spiro atoms. The predicted octanol–water partition coefficient (Wildman–Crippen LogP) is 2.34. The molecule has 2 aliphatic heterocycles. The first kappa shape index (κ1) is 18.2. The maximum Gasteiger partial charge on any atom is 0.227 e. The zero-order chi connectivity index (χ0) is 17.8. The van der Waals surface area contributed by atoms with Crippen LogP contribution in [-0.4, -0.2) is 67.2 Å². The minimum atomic E-state index is 0.227. The van der Waals surface area contributed by atoms with Crippen LogP contribution in [0.25, 0.3) is 0 Å². The number of hydrogen-bond donors (Lipinski definition) is 0. The topological polar surface area (TPSA) is 42.0 Å². The lowest BCUT2D eigenvalue weighted by molar-refractivity contribution is -0.132. The maximum absolute atomic E-state index is 12.8. The van der Waals surface area contributed by atoms with Gasteiger partial charge >= 0.3 is 0 Å². The van der Waals surface area contributed by atoms with Crippen LogP contribution in [0.5, 0.6) is 5.75 Å². The number of ether oxygens (including phenoxy) is 2. The van der Waals surface area contributed by atoms with E-state index in [1.807, 2.05) is 24.3 Å². The zero-order valence-electron chi connectivity index (χ0n) is 15.6. The third kappa shape index (κ3) is 4.73. The SMILES string of the molecule is COc1cccc(CC(=O)N2CCC[C@@H]2CN2C[C@@H](C)O[C@H](C)C2)c1. The summed E-state index contributed by atoms with van der Waals surface area (Å²) in [6, 6.07) is 8.13. The van der Waals surface area contributed by atoms with E-state index in [-0.39, 0.29) is 18.1 Å². The molecule has 3 atom stereocenters. The first-order valence-electron chi connectivity index (χ1n) is 9.35. The average Bonchev–Trinajstić information content (AvgIpc) is 3.02. The van der Waals surface area contributed by atoms with Crippen LogP contribution in [0.4, 0.5) is 0 Å². The highest BCUT2D eigenvalue weighted by Gasteiger charge is 2.32. The number of nitrogens with zero attached hydrogens (tertiary/aromatic N) is 2. The van der Waals surface area contributed by atoms with Gasteiger partial charge in [0.2, 0.25) is 5.91 Å². The Labute approximate surface area is 150 Å². The molecule has 0 radical (unpaired) electrons. The van der Waals surface area contributed by atoms with Gasteiger partial charge in [-0.25, -0.2) is 0 Å². The molecule has 0 unspecified atom stereocenters. The molecule has 25 heavy (non-hydrogen) atoms. The fourth-order valence-electron chi connectivity index (χ4n) is 4.14. The first-order chi connectivity index (χ1) is 12.0. The van der Waals surface area contributed by atoms with E-state index < -0.39 is 0 Å². The Hall–Kier alpha value is -1.59. The van der Waals surface area contributed by atoms with E-state index in [4.69, 9.17) is 9.47 Å². The van der Waals surface area contributed by atoms with Gasteiger partial charge in [-0.1, -0.05) is 12.1 Å². The van der Waals surface area contributed by atoms with E-state index in [0.29, 0.717) is 12.5 Å². The van der Waals surface area contributed by atoms with Gasteiger partial charge in [-0.2, -0.15) is 0 Å². The highest BCUT2D eigenvalue weighted by Crippen LogP contribution is 2.22. The Bertz CT molecular complexity index is 582. The van der Waals surface area contributed by atoms with Gasteiger partial charge in [-0.3, -0.25) is 9.69 Å². The minimum absolute atomic E-state index is 0.227. The van der Waals surface area contributed by atoms with Gasteiger partial charge < -0.3 is 14.4 Å². The van der Waals surface area contributed by atoms with Crippen LogP contribution in [0.1, 0.15) is 32.3 Å². The fraction of sp³-hybridized carbons (Fsp3) is 0.650. The minimum Gasteiger partial charge on any atom is -0.497 e. The molecule has 0 N–H and O–H groups in total. The first-order valence-corrected chi connectivity index (χ1v) is 9.35. The molecule has 138 valence electrons. The van der Waals surface area contributed by atoms with Crippen LogP contribution >= 0.6 is 0 Å². The third-order valence-corrected chi connectivity index (χ3v) is 5.15. The molecule has 1 aromatic rings. The van der Waals surface area contributed by atoms with Gasteiger partial charge in [0.1, 0.15) is 5.75 Å². The van der Waals surface area contributed by atoms with Crippen molar-refractivity contribution in [3.05, 3.63) is 29.8 Å². The number of hydrogen-bond acceptors (Lipinski definition) is 4. The lowest BCUT2D eigenvalue weighted by Gasteiger charge is -2.38. The lowest BCUT2D eigenvalue weighted by atomic mass is 10.1. The van der Waals surface area contributed by atoms with Gasteiger partial charge in [0.25, 0.3) is 0 Å². The second-order valence-corrected chi connectivity index (χ2v) is 7.39. The summed E-state index contributed by atoms with van der Waals surface area (Å²) in [5.41, 5.74) is 1.02. The van der Waals surface area contributed by atoms with E-state index in [9.17, 15) is 4.79 Å². The summed E-state index contributed by atoms with van der Waals surface area (Å²) >= 11 is 0. The molecule has 1 amide bonds. The van der Waals surface area contributed by atoms with E-state index in [0.717, 1.165) is 50.3 Å². The molecule has 3 rings (SSSR count). The molecule has 2 heterocycles. The zero-order valence-corrected chi connectivity index (χ0v) is 15.6. The van der Waals surface area contributed by atoms with Gasteiger partial charge in [0, 0.05) is 32.2 Å². The lowest BCUT2D eigenvalue weighted by Crippen LogP contribution is -2.51. The fourth-order valence-corrected chi connectivity index (χ4v) is 4.14. The molecule has 0 aliphatic carbocycles. The second kappa shape index (κ2) is 8.19. The smallest absolute Gasteiger partial charge is 0.227 e. The molecular weight excluding hydrogens is 316 g/mol. The Morgan fingerprint density at radius 2 is 2.04 bits per heavy atom. The van der Waals surface area contributed by atoms with Crippen molar-refractivity contribution >= 4 is 5.91 Å². The Morgan fingerprint density at radius 1 is 1.28 bits per heavy atom. The summed E-state index contributed by atoms with van der Waals surface area (Å²) in [6.45, 7) is 8.01. The molecule has 5 nitrogen and oxygen atoms in total. The molecule has 0 saturated carbocycles. The van der Waals surface area contributed by atoms with E-state index >= 15 is 0 Å². The highest BCUT2D eigenvalue weighted by atomic mass is 16.5. The second-order valence-electron chi connectivity index (χ2n) is 7.39. The van der Waals surface area contributed by atoms with Crippen LogP contribution in [0, 0.1) is 0 Å². The summed E-state index contributed by atoms with van der Waals surface area (Å²) in [5.74, 6) is 1.03. The van der Waals surface area contributed by atoms with Crippen molar-refractivity contribution in [2.24, 2.45) is 0 Å². The Morgan fingerprint density at radius 3 is 2.76 bits per heavy atom. The van der Waals surface area contributed by atoms with Crippen LogP contribution in [-0.2, 0) is 16.0 Å². The number of amides is 1. The molecular formula is C20H30N2O3. The number of methoxy groups -OCH3 is 1. The number of carbonyl (C=O) groups is 1. The number of carbonyl (C=O) groups excluding carboxylic acids is 1. The van der Waals surface area contributed by atoms with Crippen LogP contribution in [0.3, 0.4) is 0 Å². The molecule has 5 heteroatoms. The Kier molecular flexibility index (Phi) is 5.97. The van der Waals surface area contributed by atoms with Crippen molar-refractivity contribution in [2.75, 3.05) is 33.3 Å². The number of morpholine rings is 1. The van der Waals surface area contributed by atoms with Crippen LogP contribution in [0.2, 0.25) is 0 Å². The predicted molar refractivity (Wildman–Crippen MR) is 97.9 cm³/mol. The van der Waals surface area contributed by atoms with Crippen molar-refractivity contribution < 1.29 is 14.3 Å². The van der Waals surface area contributed by atoms with Crippen molar-refractivity contribution in [3.8, 4) is 5.75 Å². The number of benzene rings is 1. The Balaban J connectivity index is 1.59. The number of likely N-dealkylation sites (tertiary alicyclic amines) is 1. The van der Waals surface area contributed by atoms with Gasteiger partial charge in [0.15, 0.2) is 0 Å². The van der Waals surface area contributed by atoms with Crippen LogP contribution in [0.15, 0.2) is 24.3 Å². The van der Waals surface area contributed by atoms with E-state index in [1.54, 1.807) is 7.11 Å². The molecule has 0 aromatic heterocycles. The summed E-state index contributed by atoms with van der Waals surface area (Å²) < 4.78 is 11.1. The normalized spacial score (nSPS) is 27.5. The van der Waals surface area contributed by atoms with Gasteiger partial charge in [-0.05, 0) is 44.4 Å². The van der Waals surface area contributed by atoms with E-state index in [2.05, 4.69) is 23.6 Å². The summed E-state index contributed by atoms with van der Waals surface area (Å²) in [6.07, 6.45) is 3.19. The maximum atomic E-state index is 12.8. The van der Waals surface area contributed by atoms with Crippen molar-refractivity contribution in [1.29, 1.82) is 0 Å². The molecule has 2 aliphatic rings. The van der Waals surface area contributed by atoms with E-state index in [1.165, 1.54) is 0 Å². The van der Waals surface area contributed by atoms with Crippen molar-refractivity contribution in [3.63, 3.8) is 0 Å². The summed E-state index contributed by atoms with van der Waals surface area (Å²) in [4.78, 5) is 17.4. The average molecular weight is 346 g/mol. The van der Waals surface area contributed by atoms with Gasteiger partial charge in [-0.15, -0.1) is 0 Å². The number of rotatable bonds is 5. The third-order valence-electron chi connectivity index (χ3n) is 5.15. The van der Waals surface area contributed by atoms with Gasteiger partial charge in [0.05, 0.1) is 25.7 Å².